The molecule has 2 aromatic carbocycles. The molecule has 0 heterocycles. The minimum absolute atomic E-state index is 0.401. The van der Waals surface area contributed by atoms with E-state index in [9.17, 15) is 0 Å². The molecule has 2 heteroatoms. The fourth-order valence-corrected chi connectivity index (χ4v) is 2.39. The molecule has 0 fully saturated rings. The molecule has 0 aromatic heterocycles. The van der Waals surface area contributed by atoms with Gasteiger partial charge in [-0.3, -0.25) is 0 Å². The third kappa shape index (κ3) is 5.19. The molecule has 0 spiro atoms. The van der Waals surface area contributed by atoms with Crippen molar-refractivity contribution in [2.75, 3.05) is 6.61 Å². The fraction of sp³-hybridized carbons (Fsp3) is 0.400. The van der Waals surface area contributed by atoms with E-state index in [-0.39, 0.29) is 0 Å². The van der Waals surface area contributed by atoms with Gasteiger partial charge >= 0.3 is 0 Å². The molecule has 118 valence electrons. The van der Waals surface area contributed by atoms with Gasteiger partial charge in [-0.05, 0) is 35.6 Å². The highest BCUT2D eigenvalue weighted by atomic mass is 16.5. The maximum atomic E-state index is 5.72. The predicted octanol–water partition coefficient (Wildman–Crippen LogP) is 4.96. The van der Waals surface area contributed by atoms with Crippen LogP contribution in [-0.4, -0.2) is 6.61 Å². The molecule has 0 amide bonds. The summed E-state index contributed by atoms with van der Waals surface area (Å²) in [5, 5.41) is 3.63. The molecule has 1 atom stereocenters. The van der Waals surface area contributed by atoms with Gasteiger partial charge < -0.3 is 10.1 Å². The largest absolute Gasteiger partial charge is 0.493 e. The summed E-state index contributed by atoms with van der Waals surface area (Å²) in [7, 11) is 0. The van der Waals surface area contributed by atoms with Gasteiger partial charge in [-0.15, -0.1) is 0 Å². The SMILES string of the molecule is CCC(NCc1ccc(OCC(C)C)cc1)c1ccccc1. The van der Waals surface area contributed by atoms with Crippen LogP contribution in [0.4, 0.5) is 0 Å². The summed E-state index contributed by atoms with van der Waals surface area (Å²) in [6, 6.07) is 19.4. The van der Waals surface area contributed by atoms with Crippen molar-refractivity contribution in [3.05, 3.63) is 65.7 Å². The third-order valence-corrected chi connectivity index (χ3v) is 3.67. The molecule has 0 bridgehead atoms. The normalized spacial score (nSPS) is 12.4. The Kier molecular flexibility index (Phi) is 6.47. The van der Waals surface area contributed by atoms with Gasteiger partial charge in [0.25, 0.3) is 0 Å². The molecule has 22 heavy (non-hydrogen) atoms. The zero-order chi connectivity index (χ0) is 15.8. The molecule has 2 rings (SSSR count). The van der Waals surface area contributed by atoms with Gasteiger partial charge in [0.05, 0.1) is 6.61 Å². The summed E-state index contributed by atoms with van der Waals surface area (Å²) in [5.41, 5.74) is 2.63. The van der Waals surface area contributed by atoms with Gasteiger partial charge in [0.2, 0.25) is 0 Å². The van der Waals surface area contributed by atoms with E-state index in [0.717, 1.165) is 25.3 Å². The smallest absolute Gasteiger partial charge is 0.119 e. The van der Waals surface area contributed by atoms with Crippen LogP contribution in [0, 0.1) is 5.92 Å². The summed E-state index contributed by atoms with van der Waals surface area (Å²) in [5.74, 6) is 1.50. The molecule has 0 aliphatic rings. The maximum absolute atomic E-state index is 5.72. The molecule has 2 nitrogen and oxygen atoms in total. The zero-order valence-corrected chi connectivity index (χ0v) is 13.9. The second kappa shape index (κ2) is 8.60. The average molecular weight is 297 g/mol. The molecule has 1 unspecified atom stereocenters. The van der Waals surface area contributed by atoms with Gasteiger partial charge in [0.1, 0.15) is 5.75 Å². The van der Waals surface area contributed by atoms with Crippen LogP contribution in [-0.2, 0) is 6.54 Å². The van der Waals surface area contributed by atoms with Crippen molar-refractivity contribution in [1.29, 1.82) is 0 Å². The van der Waals surface area contributed by atoms with E-state index < -0.39 is 0 Å². The Morgan fingerprint density at radius 2 is 1.64 bits per heavy atom. The summed E-state index contributed by atoms with van der Waals surface area (Å²) in [6.07, 6.45) is 1.08. The van der Waals surface area contributed by atoms with Crippen LogP contribution in [0.5, 0.6) is 5.75 Å². The number of benzene rings is 2. The van der Waals surface area contributed by atoms with E-state index in [1.165, 1.54) is 11.1 Å². The molecular weight excluding hydrogens is 270 g/mol. The van der Waals surface area contributed by atoms with E-state index in [0.29, 0.717) is 12.0 Å². The lowest BCUT2D eigenvalue weighted by Gasteiger charge is -2.17. The lowest BCUT2D eigenvalue weighted by molar-refractivity contribution is 0.271. The summed E-state index contributed by atoms with van der Waals surface area (Å²) >= 11 is 0. The average Bonchev–Trinajstić information content (AvgIpc) is 2.55. The highest BCUT2D eigenvalue weighted by Crippen LogP contribution is 2.18. The van der Waals surface area contributed by atoms with Crippen LogP contribution < -0.4 is 10.1 Å². The van der Waals surface area contributed by atoms with Gasteiger partial charge in [0.15, 0.2) is 0 Å². The Hall–Kier alpha value is -1.80. The van der Waals surface area contributed by atoms with Crippen LogP contribution in [0.25, 0.3) is 0 Å². The first-order valence-corrected chi connectivity index (χ1v) is 8.19. The Morgan fingerprint density at radius 3 is 2.23 bits per heavy atom. The first-order valence-electron chi connectivity index (χ1n) is 8.19. The molecule has 0 saturated carbocycles. The second-order valence-electron chi connectivity index (χ2n) is 6.10. The first kappa shape index (κ1) is 16.6. The van der Waals surface area contributed by atoms with Crippen molar-refractivity contribution in [3.63, 3.8) is 0 Å². The molecule has 0 aliphatic heterocycles. The molecule has 0 saturated heterocycles. The van der Waals surface area contributed by atoms with E-state index in [4.69, 9.17) is 4.74 Å². The van der Waals surface area contributed by atoms with Gasteiger partial charge in [0, 0.05) is 12.6 Å². The predicted molar refractivity (Wildman–Crippen MR) is 93.1 cm³/mol. The summed E-state index contributed by atoms with van der Waals surface area (Å²) in [4.78, 5) is 0. The maximum Gasteiger partial charge on any atom is 0.119 e. The van der Waals surface area contributed by atoms with Crippen molar-refractivity contribution in [2.45, 2.75) is 39.8 Å². The number of nitrogens with one attached hydrogen (secondary N) is 1. The highest BCUT2D eigenvalue weighted by Gasteiger charge is 2.07. The molecule has 0 aliphatic carbocycles. The number of rotatable bonds is 8. The molecule has 2 aromatic rings. The molecular formula is C20H27NO. The number of hydrogen-bond donors (Lipinski definition) is 1. The summed E-state index contributed by atoms with van der Waals surface area (Å²) in [6.45, 7) is 8.18. The second-order valence-corrected chi connectivity index (χ2v) is 6.10. The minimum atomic E-state index is 0.401. The zero-order valence-electron chi connectivity index (χ0n) is 13.9. The Labute approximate surface area is 134 Å². The van der Waals surface area contributed by atoms with Crippen LogP contribution in [0.1, 0.15) is 44.4 Å². The highest BCUT2D eigenvalue weighted by molar-refractivity contribution is 5.27. The quantitative estimate of drug-likeness (QED) is 0.743. The van der Waals surface area contributed by atoms with E-state index in [1.807, 2.05) is 0 Å². The topological polar surface area (TPSA) is 21.3 Å². The van der Waals surface area contributed by atoms with Gasteiger partial charge in [-0.2, -0.15) is 0 Å². The van der Waals surface area contributed by atoms with E-state index >= 15 is 0 Å². The Balaban J connectivity index is 1.88. The van der Waals surface area contributed by atoms with Crippen LogP contribution >= 0.6 is 0 Å². The van der Waals surface area contributed by atoms with Crippen LogP contribution in [0.3, 0.4) is 0 Å². The lowest BCUT2D eigenvalue weighted by atomic mass is 10.0. The molecule has 0 radical (unpaired) electrons. The van der Waals surface area contributed by atoms with Crippen molar-refractivity contribution >= 4 is 0 Å². The van der Waals surface area contributed by atoms with E-state index in [1.54, 1.807) is 0 Å². The third-order valence-electron chi connectivity index (χ3n) is 3.67. The fourth-order valence-electron chi connectivity index (χ4n) is 2.39. The lowest BCUT2D eigenvalue weighted by Crippen LogP contribution is -2.20. The van der Waals surface area contributed by atoms with Crippen molar-refractivity contribution < 1.29 is 4.74 Å². The number of hydrogen-bond acceptors (Lipinski definition) is 2. The Bertz CT molecular complexity index is 533. The first-order chi connectivity index (χ1) is 10.7. The summed E-state index contributed by atoms with van der Waals surface area (Å²) < 4.78 is 5.72. The van der Waals surface area contributed by atoms with Crippen molar-refractivity contribution in [1.82, 2.24) is 5.32 Å². The standard InChI is InChI=1S/C20H27NO/c1-4-20(18-8-6-5-7-9-18)21-14-17-10-12-19(13-11-17)22-15-16(2)3/h5-13,16,20-21H,4,14-15H2,1-3H3. The van der Waals surface area contributed by atoms with Gasteiger partial charge in [-0.1, -0.05) is 63.2 Å². The molecule has 1 N–H and O–H groups in total. The Morgan fingerprint density at radius 1 is 0.955 bits per heavy atom. The number of ether oxygens (including phenoxy) is 1. The monoisotopic (exact) mass is 297 g/mol. The van der Waals surface area contributed by atoms with Crippen molar-refractivity contribution in [3.8, 4) is 5.75 Å². The van der Waals surface area contributed by atoms with Gasteiger partial charge in [-0.25, -0.2) is 0 Å². The van der Waals surface area contributed by atoms with Crippen molar-refractivity contribution in [2.24, 2.45) is 5.92 Å². The van der Waals surface area contributed by atoms with E-state index in [2.05, 4.69) is 80.7 Å². The van der Waals surface area contributed by atoms with Crippen LogP contribution in [0.15, 0.2) is 54.6 Å². The minimum Gasteiger partial charge on any atom is -0.493 e. The van der Waals surface area contributed by atoms with Crippen LogP contribution in [0.2, 0.25) is 0 Å².